The third-order valence-electron chi connectivity index (χ3n) is 4.13. The zero-order valence-electron chi connectivity index (χ0n) is 14.7. The van der Waals surface area contributed by atoms with E-state index < -0.39 is 6.61 Å². The normalized spacial score (nSPS) is 17.1. The lowest BCUT2D eigenvalue weighted by Gasteiger charge is -2.22. The molecule has 1 heterocycles. The Balaban J connectivity index is 1.68. The largest absolute Gasteiger partial charge is 0.435 e. The second-order valence-corrected chi connectivity index (χ2v) is 7.49. The van der Waals surface area contributed by atoms with Gasteiger partial charge in [-0.25, -0.2) is 0 Å². The van der Waals surface area contributed by atoms with Gasteiger partial charge in [-0.05, 0) is 49.7 Å². The third kappa shape index (κ3) is 4.57. The fraction of sp³-hybridized carbons (Fsp3) is 0.263. The zero-order valence-corrected chi connectivity index (χ0v) is 15.5. The Morgan fingerprint density at radius 2 is 1.93 bits per heavy atom. The van der Waals surface area contributed by atoms with Crippen molar-refractivity contribution in [1.82, 2.24) is 5.32 Å². The number of fused-ring (bicyclic) bond motifs is 1. The average Bonchev–Trinajstić information content (AvgIpc) is 2.62. The fourth-order valence-electron chi connectivity index (χ4n) is 2.65. The molecule has 3 rings (SSSR count). The third-order valence-corrected chi connectivity index (χ3v) is 5.30. The number of carbonyl (C=O) groups excluding carboxylic acids is 2. The lowest BCUT2D eigenvalue weighted by atomic mass is 10.1. The van der Waals surface area contributed by atoms with Crippen molar-refractivity contribution in [2.45, 2.75) is 36.6 Å². The molecule has 1 aliphatic heterocycles. The highest BCUT2D eigenvalue weighted by Crippen LogP contribution is 2.36. The Bertz CT molecular complexity index is 859. The first kappa shape index (κ1) is 19.2. The summed E-state index contributed by atoms with van der Waals surface area (Å²) in [5.41, 5.74) is 1.80. The highest BCUT2D eigenvalue weighted by molar-refractivity contribution is 8.00. The number of alkyl halides is 2. The van der Waals surface area contributed by atoms with Crippen molar-refractivity contribution in [2.24, 2.45) is 0 Å². The smallest absolute Gasteiger partial charge is 0.387 e. The van der Waals surface area contributed by atoms with Gasteiger partial charge in [0.15, 0.2) is 0 Å². The number of halogens is 2. The molecular weight excluding hydrogens is 374 g/mol. The van der Waals surface area contributed by atoms with Gasteiger partial charge in [-0.2, -0.15) is 8.78 Å². The van der Waals surface area contributed by atoms with Gasteiger partial charge in [-0.3, -0.25) is 9.59 Å². The molecule has 0 bridgehead atoms. The van der Waals surface area contributed by atoms with Gasteiger partial charge in [0.25, 0.3) is 5.91 Å². The standard InChI is InChI=1S/C19H18F2N2O3S/c1-10(12-3-6-14(7-4-12)26-19(20)21)22-18(25)13-5-8-16-15(9-13)23-17(24)11(2)27-16/h3-11,19H,1-2H3,(H,22,25)(H,23,24). The molecule has 0 spiro atoms. The first-order valence-corrected chi connectivity index (χ1v) is 9.18. The molecule has 2 amide bonds. The summed E-state index contributed by atoms with van der Waals surface area (Å²) >= 11 is 1.45. The van der Waals surface area contributed by atoms with E-state index in [-0.39, 0.29) is 28.9 Å². The number of anilines is 1. The molecule has 0 aliphatic carbocycles. The van der Waals surface area contributed by atoms with E-state index in [9.17, 15) is 18.4 Å². The summed E-state index contributed by atoms with van der Waals surface area (Å²) in [7, 11) is 0. The number of hydrogen-bond donors (Lipinski definition) is 2. The van der Waals surface area contributed by atoms with E-state index in [1.165, 1.54) is 23.9 Å². The predicted molar refractivity (Wildman–Crippen MR) is 99.3 cm³/mol. The molecule has 0 radical (unpaired) electrons. The number of benzene rings is 2. The number of nitrogens with one attached hydrogen (secondary N) is 2. The number of amides is 2. The van der Waals surface area contributed by atoms with Crippen LogP contribution in [0.25, 0.3) is 0 Å². The first-order valence-electron chi connectivity index (χ1n) is 8.30. The Morgan fingerprint density at radius 3 is 2.59 bits per heavy atom. The summed E-state index contributed by atoms with van der Waals surface area (Å²) in [6.45, 7) is 0.736. The van der Waals surface area contributed by atoms with Crippen LogP contribution >= 0.6 is 11.8 Å². The maximum Gasteiger partial charge on any atom is 0.387 e. The SMILES string of the molecule is CC1Sc2ccc(C(=O)NC(C)c3ccc(OC(F)F)cc3)cc2NC1=O. The van der Waals surface area contributed by atoms with Gasteiger partial charge < -0.3 is 15.4 Å². The van der Waals surface area contributed by atoms with Crippen molar-refractivity contribution < 1.29 is 23.1 Å². The number of rotatable bonds is 5. The Kier molecular flexibility index (Phi) is 5.65. The minimum absolute atomic E-state index is 0.0597. The summed E-state index contributed by atoms with van der Waals surface area (Å²) in [5.74, 6) is -0.329. The molecule has 2 atom stereocenters. The Hall–Kier alpha value is -2.61. The first-order chi connectivity index (χ1) is 12.8. The fourth-order valence-corrected chi connectivity index (χ4v) is 3.58. The van der Waals surface area contributed by atoms with Gasteiger partial charge >= 0.3 is 6.61 Å². The van der Waals surface area contributed by atoms with Crippen LogP contribution in [-0.4, -0.2) is 23.7 Å². The lowest BCUT2D eigenvalue weighted by Crippen LogP contribution is -2.28. The van der Waals surface area contributed by atoms with E-state index in [1.54, 1.807) is 31.2 Å². The summed E-state index contributed by atoms with van der Waals surface area (Å²) < 4.78 is 28.7. The quantitative estimate of drug-likeness (QED) is 0.800. The van der Waals surface area contributed by atoms with Gasteiger partial charge in [-0.1, -0.05) is 12.1 Å². The highest BCUT2D eigenvalue weighted by atomic mass is 32.2. The molecule has 142 valence electrons. The van der Waals surface area contributed by atoms with Crippen molar-refractivity contribution in [3.05, 3.63) is 53.6 Å². The molecule has 2 aromatic carbocycles. The summed E-state index contributed by atoms with van der Waals surface area (Å²) in [5, 5.41) is 5.48. The van der Waals surface area contributed by atoms with E-state index in [1.807, 2.05) is 13.0 Å². The van der Waals surface area contributed by atoms with Crippen molar-refractivity contribution in [3.8, 4) is 5.75 Å². The number of hydrogen-bond acceptors (Lipinski definition) is 4. The van der Waals surface area contributed by atoms with E-state index in [0.717, 1.165) is 10.5 Å². The molecule has 0 saturated heterocycles. The minimum Gasteiger partial charge on any atom is -0.435 e. The van der Waals surface area contributed by atoms with Crippen molar-refractivity contribution in [3.63, 3.8) is 0 Å². The molecule has 27 heavy (non-hydrogen) atoms. The molecule has 5 nitrogen and oxygen atoms in total. The summed E-state index contributed by atoms with van der Waals surface area (Å²) in [4.78, 5) is 25.2. The number of thioether (sulfide) groups is 1. The summed E-state index contributed by atoms with van der Waals surface area (Å²) in [6.07, 6.45) is 0. The monoisotopic (exact) mass is 392 g/mol. The molecule has 1 aliphatic rings. The van der Waals surface area contributed by atoms with E-state index in [2.05, 4.69) is 15.4 Å². The molecule has 0 fully saturated rings. The van der Waals surface area contributed by atoms with Crippen LogP contribution < -0.4 is 15.4 Å². The minimum atomic E-state index is -2.88. The van der Waals surface area contributed by atoms with Crippen LogP contribution in [0.2, 0.25) is 0 Å². The highest BCUT2D eigenvalue weighted by Gasteiger charge is 2.24. The van der Waals surface area contributed by atoms with Crippen molar-refractivity contribution in [1.29, 1.82) is 0 Å². The second-order valence-electron chi connectivity index (χ2n) is 6.10. The molecule has 2 aromatic rings. The topological polar surface area (TPSA) is 67.4 Å². The van der Waals surface area contributed by atoms with Crippen LogP contribution in [-0.2, 0) is 4.79 Å². The Morgan fingerprint density at radius 1 is 1.22 bits per heavy atom. The van der Waals surface area contributed by atoms with Gasteiger partial charge in [0.2, 0.25) is 5.91 Å². The van der Waals surface area contributed by atoms with Crippen LogP contribution in [0.4, 0.5) is 14.5 Å². The van der Waals surface area contributed by atoms with Crippen LogP contribution in [0.3, 0.4) is 0 Å². The van der Waals surface area contributed by atoms with Crippen molar-refractivity contribution in [2.75, 3.05) is 5.32 Å². The van der Waals surface area contributed by atoms with Crippen LogP contribution in [0, 0.1) is 0 Å². The van der Waals surface area contributed by atoms with Gasteiger partial charge in [0, 0.05) is 10.5 Å². The zero-order chi connectivity index (χ0) is 19.6. The lowest BCUT2D eigenvalue weighted by molar-refractivity contribution is -0.115. The number of ether oxygens (including phenoxy) is 1. The molecule has 2 N–H and O–H groups in total. The van der Waals surface area contributed by atoms with E-state index in [4.69, 9.17) is 0 Å². The van der Waals surface area contributed by atoms with Crippen LogP contribution in [0.5, 0.6) is 5.75 Å². The molecule has 0 saturated carbocycles. The maximum absolute atomic E-state index is 12.5. The Labute approximate surface area is 159 Å². The van der Waals surface area contributed by atoms with E-state index >= 15 is 0 Å². The number of carbonyl (C=O) groups is 2. The molecule has 8 heteroatoms. The van der Waals surface area contributed by atoms with Gasteiger partial charge in [0.05, 0.1) is 17.0 Å². The maximum atomic E-state index is 12.5. The van der Waals surface area contributed by atoms with Gasteiger partial charge in [0.1, 0.15) is 5.75 Å². The predicted octanol–water partition coefficient (Wildman–Crippen LogP) is 4.21. The second kappa shape index (κ2) is 7.96. The van der Waals surface area contributed by atoms with Crippen molar-refractivity contribution >= 4 is 29.3 Å². The summed E-state index contributed by atoms with van der Waals surface area (Å²) in [6, 6.07) is 10.9. The van der Waals surface area contributed by atoms with Crippen LogP contribution in [0.1, 0.15) is 35.8 Å². The molecule has 2 unspecified atom stereocenters. The van der Waals surface area contributed by atoms with Crippen LogP contribution in [0.15, 0.2) is 47.4 Å². The molecular formula is C19H18F2N2O3S. The average molecular weight is 392 g/mol. The molecule has 0 aromatic heterocycles. The van der Waals surface area contributed by atoms with Gasteiger partial charge in [-0.15, -0.1) is 11.8 Å². The van der Waals surface area contributed by atoms with E-state index in [0.29, 0.717) is 11.3 Å².